The molecule has 8 heteroatoms. The van der Waals surface area contributed by atoms with Crippen LogP contribution < -0.4 is 20.7 Å². The van der Waals surface area contributed by atoms with E-state index < -0.39 is 0 Å². The summed E-state index contributed by atoms with van der Waals surface area (Å²) in [6.45, 7) is 2.53. The van der Waals surface area contributed by atoms with Gasteiger partial charge in [0.05, 0.1) is 13.7 Å². The summed E-state index contributed by atoms with van der Waals surface area (Å²) in [6.07, 6.45) is 0. The molecule has 3 N–H and O–H groups in total. The number of ether oxygens (including phenoxy) is 1. The highest BCUT2D eigenvalue weighted by molar-refractivity contribution is 5.73. The van der Waals surface area contributed by atoms with Gasteiger partial charge in [-0.3, -0.25) is 0 Å². The lowest BCUT2D eigenvalue weighted by atomic mass is 10.1. The van der Waals surface area contributed by atoms with E-state index in [2.05, 4.69) is 31.1 Å². The smallest absolute Gasteiger partial charge is 0.229 e. The number of benzene rings is 1. The molecule has 1 aromatic carbocycles. The Morgan fingerprint density at radius 3 is 2.69 bits per heavy atom. The van der Waals surface area contributed by atoms with E-state index in [9.17, 15) is 0 Å². The molecule has 136 valence electrons. The van der Waals surface area contributed by atoms with Crippen molar-refractivity contribution in [3.05, 3.63) is 41.8 Å². The molecule has 0 saturated carbocycles. The molecule has 8 nitrogen and oxygen atoms in total. The summed E-state index contributed by atoms with van der Waals surface area (Å²) in [5.41, 5.74) is 3.22. The molecule has 26 heavy (non-hydrogen) atoms. The van der Waals surface area contributed by atoms with Gasteiger partial charge in [0.2, 0.25) is 5.95 Å². The SMILES string of the molecule is CNCc1cc(-c2cc(Nc3nc(C)cc(NC)n3)ccc2OC)no1. The predicted octanol–water partition coefficient (Wildman–Crippen LogP) is 2.95. The van der Waals surface area contributed by atoms with Crippen molar-refractivity contribution in [2.24, 2.45) is 0 Å². The minimum atomic E-state index is 0.515. The summed E-state index contributed by atoms with van der Waals surface area (Å²) >= 11 is 0. The fourth-order valence-electron chi connectivity index (χ4n) is 2.56. The molecule has 0 aliphatic rings. The molecule has 0 aliphatic carbocycles. The first-order chi connectivity index (χ1) is 12.6. The number of aromatic nitrogens is 3. The van der Waals surface area contributed by atoms with Crippen molar-refractivity contribution in [2.75, 3.05) is 31.8 Å². The largest absolute Gasteiger partial charge is 0.496 e. The Labute approximate surface area is 152 Å². The van der Waals surface area contributed by atoms with E-state index in [0.29, 0.717) is 23.9 Å². The number of rotatable bonds is 7. The lowest BCUT2D eigenvalue weighted by Crippen LogP contribution is -2.03. The van der Waals surface area contributed by atoms with Crippen LogP contribution >= 0.6 is 0 Å². The van der Waals surface area contributed by atoms with Crippen molar-refractivity contribution < 1.29 is 9.26 Å². The maximum absolute atomic E-state index is 5.46. The van der Waals surface area contributed by atoms with Crippen LogP contribution in [0, 0.1) is 6.92 Å². The zero-order chi connectivity index (χ0) is 18.5. The van der Waals surface area contributed by atoms with E-state index in [1.165, 1.54) is 0 Å². The number of hydrogen-bond donors (Lipinski definition) is 3. The molecular formula is C18H22N6O2. The molecule has 0 unspecified atom stereocenters. The maximum atomic E-state index is 5.46. The van der Waals surface area contributed by atoms with Gasteiger partial charge in [0.25, 0.3) is 0 Å². The molecule has 3 aromatic rings. The maximum Gasteiger partial charge on any atom is 0.229 e. The normalized spacial score (nSPS) is 10.6. The topological polar surface area (TPSA) is 97.1 Å². The molecule has 0 bridgehead atoms. The quantitative estimate of drug-likeness (QED) is 0.596. The molecule has 0 aliphatic heterocycles. The first-order valence-corrected chi connectivity index (χ1v) is 8.22. The molecule has 0 spiro atoms. The van der Waals surface area contributed by atoms with Crippen LogP contribution in [-0.2, 0) is 6.54 Å². The van der Waals surface area contributed by atoms with E-state index in [-0.39, 0.29) is 0 Å². The zero-order valence-corrected chi connectivity index (χ0v) is 15.3. The van der Waals surface area contributed by atoms with Gasteiger partial charge >= 0.3 is 0 Å². The molecule has 2 heterocycles. The lowest BCUT2D eigenvalue weighted by molar-refractivity contribution is 0.378. The van der Waals surface area contributed by atoms with Gasteiger partial charge in [0, 0.05) is 36.1 Å². The summed E-state index contributed by atoms with van der Waals surface area (Å²) < 4.78 is 10.8. The van der Waals surface area contributed by atoms with Gasteiger partial charge in [0.15, 0.2) is 5.76 Å². The van der Waals surface area contributed by atoms with E-state index in [4.69, 9.17) is 9.26 Å². The van der Waals surface area contributed by atoms with Gasteiger partial charge in [-0.2, -0.15) is 4.98 Å². The fraction of sp³-hybridized carbons (Fsp3) is 0.278. The van der Waals surface area contributed by atoms with Gasteiger partial charge in [-0.05, 0) is 32.2 Å². The third-order valence-corrected chi connectivity index (χ3v) is 3.75. The second-order valence-corrected chi connectivity index (χ2v) is 5.72. The van der Waals surface area contributed by atoms with E-state index in [0.717, 1.165) is 28.5 Å². The number of anilines is 3. The van der Waals surface area contributed by atoms with Gasteiger partial charge in [-0.25, -0.2) is 4.98 Å². The third kappa shape index (κ3) is 3.92. The van der Waals surface area contributed by atoms with Crippen LogP contribution in [0.2, 0.25) is 0 Å². The predicted molar refractivity (Wildman–Crippen MR) is 101 cm³/mol. The van der Waals surface area contributed by atoms with E-state index in [1.807, 2.05) is 51.4 Å². The first-order valence-electron chi connectivity index (χ1n) is 8.22. The summed E-state index contributed by atoms with van der Waals surface area (Å²) in [4.78, 5) is 8.83. The number of methoxy groups -OCH3 is 1. The third-order valence-electron chi connectivity index (χ3n) is 3.75. The number of aryl methyl sites for hydroxylation is 1. The number of nitrogens with one attached hydrogen (secondary N) is 3. The van der Waals surface area contributed by atoms with Crippen LogP contribution in [0.25, 0.3) is 11.3 Å². The molecule has 0 amide bonds. The fourth-order valence-corrected chi connectivity index (χ4v) is 2.56. The average molecular weight is 354 g/mol. The summed E-state index contributed by atoms with van der Waals surface area (Å²) in [7, 11) is 5.31. The monoisotopic (exact) mass is 354 g/mol. The molecule has 3 rings (SSSR count). The highest BCUT2D eigenvalue weighted by Crippen LogP contribution is 2.33. The Balaban J connectivity index is 1.93. The van der Waals surface area contributed by atoms with Crippen molar-refractivity contribution in [3.8, 4) is 17.0 Å². The molecule has 0 saturated heterocycles. The minimum Gasteiger partial charge on any atom is -0.496 e. The van der Waals surface area contributed by atoms with Crippen LogP contribution in [-0.4, -0.2) is 36.3 Å². The molecule has 2 aromatic heterocycles. The van der Waals surface area contributed by atoms with Crippen molar-refractivity contribution in [1.29, 1.82) is 0 Å². The lowest BCUT2D eigenvalue weighted by Gasteiger charge is -2.11. The Morgan fingerprint density at radius 2 is 1.96 bits per heavy atom. The van der Waals surface area contributed by atoms with Gasteiger partial charge < -0.3 is 25.2 Å². The van der Waals surface area contributed by atoms with Crippen molar-refractivity contribution in [2.45, 2.75) is 13.5 Å². The number of nitrogens with zero attached hydrogens (tertiary/aromatic N) is 3. The average Bonchev–Trinajstić information content (AvgIpc) is 3.10. The summed E-state index contributed by atoms with van der Waals surface area (Å²) in [5, 5.41) is 13.4. The Kier molecular flexibility index (Phi) is 5.33. The molecule has 0 atom stereocenters. The van der Waals surface area contributed by atoms with Crippen LogP contribution in [0.5, 0.6) is 5.75 Å². The zero-order valence-electron chi connectivity index (χ0n) is 15.3. The highest BCUT2D eigenvalue weighted by Gasteiger charge is 2.13. The van der Waals surface area contributed by atoms with Gasteiger partial charge in [0.1, 0.15) is 17.3 Å². The second kappa shape index (κ2) is 7.83. The van der Waals surface area contributed by atoms with E-state index >= 15 is 0 Å². The van der Waals surface area contributed by atoms with Crippen LogP contribution in [0.1, 0.15) is 11.5 Å². The first kappa shape index (κ1) is 17.7. The van der Waals surface area contributed by atoms with Crippen LogP contribution in [0.4, 0.5) is 17.5 Å². The Bertz CT molecular complexity index is 893. The van der Waals surface area contributed by atoms with Gasteiger partial charge in [-0.1, -0.05) is 5.16 Å². The van der Waals surface area contributed by atoms with Crippen molar-refractivity contribution in [1.82, 2.24) is 20.4 Å². The molecule has 0 radical (unpaired) electrons. The van der Waals surface area contributed by atoms with Crippen molar-refractivity contribution in [3.63, 3.8) is 0 Å². The summed E-state index contributed by atoms with van der Waals surface area (Å²) in [5.74, 6) is 2.73. The summed E-state index contributed by atoms with van der Waals surface area (Å²) in [6, 6.07) is 9.48. The van der Waals surface area contributed by atoms with Gasteiger partial charge in [-0.15, -0.1) is 0 Å². The Morgan fingerprint density at radius 1 is 1.12 bits per heavy atom. The van der Waals surface area contributed by atoms with Crippen LogP contribution in [0.15, 0.2) is 34.9 Å². The molecule has 0 fully saturated rings. The second-order valence-electron chi connectivity index (χ2n) is 5.72. The standard InChI is InChI=1S/C18H22N6O2/c1-11-7-17(20-3)23-18(21-11)22-12-5-6-16(25-4)14(8-12)15-9-13(10-19-2)26-24-15/h5-9,19H,10H2,1-4H3,(H2,20,21,22,23). The Hall–Kier alpha value is -3.13. The van der Waals surface area contributed by atoms with E-state index in [1.54, 1.807) is 7.11 Å². The minimum absolute atomic E-state index is 0.515. The van der Waals surface area contributed by atoms with Crippen molar-refractivity contribution >= 4 is 17.5 Å². The number of hydrogen-bond acceptors (Lipinski definition) is 8. The van der Waals surface area contributed by atoms with Crippen LogP contribution in [0.3, 0.4) is 0 Å². The molecular weight excluding hydrogens is 332 g/mol. The highest BCUT2D eigenvalue weighted by atomic mass is 16.5.